The van der Waals surface area contributed by atoms with E-state index in [1.54, 1.807) is 0 Å². The molecule has 4 heteroatoms. The van der Waals surface area contributed by atoms with Gasteiger partial charge in [-0.2, -0.15) is 0 Å². The Hall–Kier alpha value is -1.55. The molecule has 0 radical (unpaired) electrons. The van der Waals surface area contributed by atoms with Crippen LogP contribution in [0, 0.1) is 0 Å². The number of nitrogens with zero attached hydrogens (tertiary/aromatic N) is 1. The molecule has 116 valence electrons. The van der Waals surface area contributed by atoms with Gasteiger partial charge in [-0.25, -0.2) is 4.79 Å². The lowest BCUT2D eigenvalue weighted by Crippen LogP contribution is -2.58. The summed E-state index contributed by atoms with van der Waals surface area (Å²) < 4.78 is 5.26. The van der Waals surface area contributed by atoms with Crippen molar-refractivity contribution in [2.75, 3.05) is 31.1 Å². The molecule has 0 amide bonds. The van der Waals surface area contributed by atoms with Gasteiger partial charge in [0.1, 0.15) is 5.54 Å². The van der Waals surface area contributed by atoms with E-state index in [4.69, 9.17) is 4.74 Å². The summed E-state index contributed by atoms with van der Waals surface area (Å²) in [4.78, 5) is 14.6. The molecule has 0 aliphatic carbocycles. The normalized spacial score (nSPS) is 17.0. The van der Waals surface area contributed by atoms with E-state index >= 15 is 0 Å². The number of nitrogens with one attached hydrogen (secondary N) is 1. The van der Waals surface area contributed by atoms with Crippen LogP contribution < -0.4 is 10.2 Å². The van der Waals surface area contributed by atoms with Crippen LogP contribution in [-0.2, 0) is 16.0 Å². The van der Waals surface area contributed by atoms with Gasteiger partial charge in [-0.05, 0) is 44.9 Å². The van der Waals surface area contributed by atoms with Crippen LogP contribution in [0.3, 0.4) is 0 Å². The first-order valence-electron chi connectivity index (χ1n) is 7.86. The van der Waals surface area contributed by atoms with Gasteiger partial charge >= 0.3 is 5.97 Å². The Bertz CT molecular complexity index is 489. The predicted octanol–water partition coefficient (Wildman–Crippen LogP) is 2.37. The van der Waals surface area contributed by atoms with Crippen molar-refractivity contribution < 1.29 is 9.53 Å². The van der Waals surface area contributed by atoms with Crippen LogP contribution in [0.1, 0.15) is 32.8 Å². The molecule has 0 spiro atoms. The minimum absolute atomic E-state index is 0.171. The Morgan fingerprint density at radius 1 is 1.38 bits per heavy atom. The van der Waals surface area contributed by atoms with E-state index < -0.39 is 5.54 Å². The van der Waals surface area contributed by atoms with E-state index in [0.29, 0.717) is 13.2 Å². The van der Waals surface area contributed by atoms with Gasteiger partial charge in [0.2, 0.25) is 0 Å². The van der Waals surface area contributed by atoms with Crippen molar-refractivity contribution in [2.24, 2.45) is 0 Å². The molecule has 1 aromatic carbocycles. The predicted molar refractivity (Wildman–Crippen MR) is 85.7 cm³/mol. The Balaban J connectivity index is 2.20. The zero-order valence-electron chi connectivity index (χ0n) is 13.3. The quantitative estimate of drug-likeness (QED) is 0.817. The number of hydrogen-bond donors (Lipinski definition) is 1. The first kappa shape index (κ1) is 15.8. The van der Waals surface area contributed by atoms with Crippen LogP contribution in [0.25, 0.3) is 0 Å². The van der Waals surface area contributed by atoms with Crippen LogP contribution >= 0.6 is 0 Å². The molecule has 1 aromatic rings. The van der Waals surface area contributed by atoms with Crippen molar-refractivity contribution in [1.29, 1.82) is 0 Å². The molecule has 1 aliphatic rings. The first-order valence-corrected chi connectivity index (χ1v) is 7.86. The summed E-state index contributed by atoms with van der Waals surface area (Å²) in [5, 5.41) is 3.31. The maximum absolute atomic E-state index is 12.3. The number of aryl methyl sites for hydroxylation is 1. The van der Waals surface area contributed by atoms with Crippen molar-refractivity contribution in [3.63, 3.8) is 0 Å². The SMILES string of the molecule is CCNC(C)(CN1CCCc2ccccc21)C(=O)OCC. The van der Waals surface area contributed by atoms with E-state index in [2.05, 4.69) is 34.5 Å². The lowest BCUT2D eigenvalue weighted by molar-refractivity contribution is -0.150. The number of ether oxygens (including phenoxy) is 1. The second kappa shape index (κ2) is 6.94. The average Bonchev–Trinajstić information content (AvgIpc) is 2.48. The maximum Gasteiger partial charge on any atom is 0.327 e. The van der Waals surface area contributed by atoms with Crippen molar-refractivity contribution >= 4 is 11.7 Å². The van der Waals surface area contributed by atoms with Crippen LogP contribution in [0.15, 0.2) is 24.3 Å². The smallest absolute Gasteiger partial charge is 0.327 e. The number of hydrogen-bond acceptors (Lipinski definition) is 4. The maximum atomic E-state index is 12.3. The Kier molecular flexibility index (Phi) is 5.23. The molecule has 4 nitrogen and oxygen atoms in total. The second-order valence-corrected chi connectivity index (χ2v) is 5.74. The number of para-hydroxylation sites is 1. The van der Waals surface area contributed by atoms with E-state index in [0.717, 1.165) is 25.9 Å². The molecule has 1 unspecified atom stereocenters. The highest BCUT2D eigenvalue weighted by Gasteiger charge is 2.36. The standard InChI is InChI=1S/C17H26N2O2/c1-4-18-17(3,16(20)21-5-2)13-19-12-8-10-14-9-6-7-11-15(14)19/h6-7,9,11,18H,4-5,8,10,12-13H2,1-3H3. The minimum Gasteiger partial charge on any atom is -0.465 e. The Morgan fingerprint density at radius 3 is 2.86 bits per heavy atom. The summed E-state index contributed by atoms with van der Waals surface area (Å²) >= 11 is 0. The van der Waals surface area contributed by atoms with Gasteiger partial charge in [-0.15, -0.1) is 0 Å². The summed E-state index contributed by atoms with van der Waals surface area (Å²) in [5.74, 6) is -0.171. The molecule has 0 saturated carbocycles. The van der Waals surface area contributed by atoms with Gasteiger partial charge in [0.05, 0.1) is 6.61 Å². The number of carbonyl (C=O) groups excluding carboxylic acids is 1. The van der Waals surface area contributed by atoms with E-state index in [1.165, 1.54) is 11.3 Å². The molecule has 0 fully saturated rings. The van der Waals surface area contributed by atoms with E-state index in [1.807, 2.05) is 20.8 Å². The Labute approximate surface area is 127 Å². The third-order valence-corrected chi connectivity index (χ3v) is 4.01. The highest BCUT2D eigenvalue weighted by Crippen LogP contribution is 2.28. The summed E-state index contributed by atoms with van der Waals surface area (Å²) in [7, 11) is 0. The van der Waals surface area contributed by atoms with Crippen LogP contribution in [0.2, 0.25) is 0 Å². The molecule has 0 saturated heterocycles. The zero-order valence-corrected chi connectivity index (χ0v) is 13.3. The minimum atomic E-state index is -0.671. The van der Waals surface area contributed by atoms with Gasteiger partial charge in [0.25, 0.3) is 0 Å². The van der Waals surface area contributed by atoms with Gasteiger partial charge in [0.15, 0.2) is 0 Å². The van der Waals surface area contributed by atoms with Gasteiger partial charge in [0, 0.05) is 18.8 Å². The fourth-order valence-corrected chi connectivity index (χ4v) is 3.03. The van der Waals surface area contributed by atoms with Crippen molar-refractivity contribution in [1.82, 2.24) is 5.32 Å². The fraction of sp³-hybridized carbons (Fsp3) is 0.588. The van der Waals surface area contributed by atoms with Crippen LogP contribution in [0.5, 0.6) is 0 Å². The molecule has 2 rings (SSSR count). The first-order chi connectivity index (χ1) is 10.1. The van der Waals surface area contributed by atoms with Crippen LogP contribution in [0.4, 0.5) is 5.69 Å². The molecule has 1 aliphatic heterocycles. The van der Waals surface area contributed by atoms with Crippen LogP contribution in [-0.4, -0.2) is 37.7 Å². The number of benzene rings is 1. The van der Waals surface area contributed by atoms with Crippen molar-refractivity contribution in [3.8, 4) is 0 Å². The van der Waals surface area contributed by atoms with Gasteiger partial charge in [-0.3, -0.25) is 0 Å². The van der Waals surface area contributed by atoms with E-state index in [9.17, 15) is 4.79 Å². The number of fused-ring (bicyclic) bond motifs is 1. The molecule has 1 heterocycles. The summed E-state index contributed by atoms with van der Waals surface area (Å²) in [6.07, 6.45) is 2.24. The molecule has 0 aromatic heterocycles. The number of esters is 1. The number of carbonyl (C=O) groups is 1. The summed E-state index contributed by atoms with van der Waals surface area (Å²) in [5.41, 5.74) is 1.94. The fourth-order valence-electron chi connectivity index (χ4n) is 3.03. The van der Waals surface area contributed by atoms with Crippen molar-refractivity contribution in [3.05, 3.63) is 29.8 Å². The van der Waals surface area contributed by atoms with Gasteiger partial charge in [-0.1, -0.05) is 25.1 Å². The monoisotopic (exact) mass is 290 g/mol. The zero-order chi connectivity index (χ0) is 15.3. The number of likely N-dealkylation sites (N-methyl/N-ethyl adjacent to an activating group) is 1. The number of anilines is 1. The molecule has 21 heavy (non-hydrogen) atoms. The van der Waals surface area contributed by atoms with Gasteiger partial charge < -0.3 is 15.0 Å². The molecule has 0 bridgehead atoms. The highest BCUT2D eigenvalue weighted by molar-refractivity contribution is 5.81. The largest absolute Gasteiger partial charge is 0.465 e. The second-order valence-electron chi connectivity index (χ2n) is 5.74. The topological polar surface area (TPSA) is 41.6 Å². The lowest BCUT2D eigenvalue weighted by atomic mass is 9.96. The average molecular weight is 290 g/mol. The summed E-state index contributed by atoms with van der Waals surface area (Å²) in [6, 6.07) is 8.46. The molecular weight excluding hydrogens is 264 g/mol. The number of rotatable bonds is 6. The Morgan fingerprint density at radius 2 is 2.14 bits per heavy atom. The summed E-state index contributed by atoms with van der Waals surface area (Å²) in [6.45, 7) is 8.57. The highest BCUT2D eigenvalue weighted by atomic mass is 16.5. The van der Waals surface area contributed by atoms with E-state index in [-0.39, 0.29) is 5.97 Å². The molecule has 1 N–H and O–H groups in total. The third-order valence-electron chi connectivity index (χ3n) is 4.01. The molecule has 1 atom stereocenters. The molecular formula is C17H26N2O2. The lowest BCUT2D eigenvalue weighted by Gasteiger charge is -2.38. The van der Waals surface area contributed by atoms with Crippen molar-refractivity contribution in [2.45, 2.75) is 39.2 Å². The third kappa shape index (κ3) is 3.56.